The minimum Gasteiger partial charge on any atom is -0.481 e. The Bertz CT molecular complexity index is 297. The molecule has 2 atom stereocenters. The van der Waals surface area contributed by atoms with Crippen LogP contribution in [0.5, 0.6) is 0 Å². The van der Waals surface area contributed by atoms with Crippen LogP contribution in [-0.2, 0) is 14.4 Å². The standard InChI is InChI=1S/C11H16O5/c12-9(13)5-4-7-2-1-3-8(11(7)16)6-10(14)15/h7-8H,1-6H2,(H,12,13)(H,14,15). The molecule has 0 saturated heterocycles. The number of hydrogen-bond donors (Lipinski definition) is 2. The van der Waals surface area contributed by atoms with Gasteiger partial charge in [-0.25, -0.2) is 0 Å². The van der Waals surface area contributed by atoms with Crippen LogP contribution < -0.4 is 0 Å². The highest BCUT2D eigenvalue weighted by atomic mass is 16.4. The molecule has 0 radical (unpaired) electrons. The van der Waals surface area contributed by atoms with Crippen molar-refractivity contribution in [3.8, 4) is 0 Å². The number of ketones is 1. The van der Waals surface area contributed by atoms with E-state index in [2.05, 4.69) is 0 Å². The Morgan fingerprint density at radius 1 is 1.12 bits per heavy atom. The minimum atomic E-state index is -0.961. The van der Waals surface area contributed by atoms with Crippen LogP contribution in [-0.4, -0.2) is 27.9 Å². The summed E-state index contributed by atoms with van der Waals surface area (Å²) < 4.78 is 0. The Labute approximate surface area is 93.5 Å². The number of carbonyl (C=O) groups excluding carboxylic acids is 1. The molecule has 0 bridgehead atoms. The van der Waals surface area contributed by atoms with E-state index in [0.717, 1.165) is 6.42 Å². The summed E-state index contributed by atoms with van der Waals surface area (Å²) in [5.41, 5.74) is 0. The number of rotatable bonds is 5. The van der Waals surface area contributed by atoms with Crippen molar-refractivity contribution < 1.29 is 24.6 Å². The first-order valence-corrected chi connectivity index (χ1v) is 5.48. The maximum atomic E-state index is 11.8. The van der Waals surface area contributed by atoms with Crippen LogP contribution in [0.2, 0.25) is 0 Å². The first-order chi connectivity index (χ1) is 7.50. The van der Waals surface area contributed by atoms with Crippen molar-refractivity contribution in [1.82, 2.24) is 0 Å². The van der Waals surface area contributed by atoms with Gasteiger partial charge in [0.05, 0.1) is 6.42 Å². The van der Waals surface area contributed by atoms with Gasteiger partial charge in [-0.15, -0.1) is 0 Å². The van der Waals surface area contributed by atoms with Gasteiger partial charge in [0.2, 0.25) is 0 Å². The Hall–Kier alpha value is -1.39. The average molecular weight is 228 g/mol. The van der Waals surface area contributed by atoms with Crippen molar-refractivity contribution in [2.45, 2.75) is 38.5 Å². The number of hydrogen-bond acceptors (Lipinski definition) is 3. The summed E-state index contributed by atoms with van der Waals surface area (Å²) in [4.78, 5) is 32.8. The molecule has 1 aliphatic carbocycles. The van der Waals surface area contributed by atoms with Gasteiger partial charge in [-0.05, 0) is 19.3 Å². The molecule has 1 fully saturated rings. The van der Waals surface area contributed by atoms with E-state index in [0.29, 0.717) is 19.3 Å². The van der Waals surface area contributed by atoms with Crippen LogP contribution >= 0.6 is 0 Å². The first kappa shape index (κ1) is 12.7. The second-order valence-corrected chi connectivity index (χ2v) is 4.26. The zero-order valence-corrected chi connectivity index (χ0v) is 9.02. The van der Waals surface area contributed by atoms with Gasteiger partial charge in [-0.1, -0.05) is 6.42 Å². The van der Waals surface area contributed by atoms with Crippen molar-refractivity contribution in [3.05, 3.63) is 0 Å². The molecule has 2 unspecified atom stereocenters. The topological polar surface area (TPSA) is 91.7 Å². The predicted octanol–water partition coefficient (Wildman–Crippen LogP) is 1.31. The van der Waals surface area contributed by atoms with Crippen molar-refractivity contribution in [1.29, 1.82) is 0 Å². The summed E-state index contributed by atoms with van der Waals surface area (Å²) in [6.45, 7) is 0. The molecule has 0 spiro atoms. The summed E-state index contributed by atoms with van der Waals surface area (Å²) in [7, 11) is 0. The van der Waals surface area contributed by atoms with Crippen LogP contribution in [0, 0.1) is 11.8 Å². The van der Waals surface area contributed by atoms with Crippen LogP contribution in [0.4, 0.5) is 0 Å². The molecule has 0 aromatic rings. The smallest absolute Gasteiger partial charge is 0.304 e. The average Bonchev–Trinajstić information content (AvgIpc) is 2.18. The molecule has 2 N–H and O–H groups in total. The molecule has 90 valence electrons. The van der Waals surface area contributed by atoms with Crippen molar-refractivity contribution in [2.75, 3.05) is 0 Å². The van der Waals surface area contributed by atoms with Crippen LogP contribution in [0.25, 0.3) is 0 Å². The van der Waals surface area contributed by atoms with E-state index in [-0.39, 0.29) is 24.5 Å². The number of aliphatic carboxylic acids is 2. The van der Waals surface area contributed by atoms with Crippen molar-refractivity contribution >= 4 is 17.7 Å². The molecule has 16 heavy (non-hydrogen) atoms. The van der Waals surface area contributed by atoms with E-state index in [4.69, 9.17) is 10.2 Å². The zero-order valence-electron chi connectivity index (χ0n) is 9.02. The van der Waals surface area contributed by atoms with E-state index < -0.39 is 17.9 Å². The Morgan fingerprint density at radius 2 is 1.75 bits per heavy atom. The first-order valence-electron chi connectivity index (χ1n) is 5.48. The van der Waals surface area contributed by atoms with Gasteiger partial charge in [-0.3, -0.25) is 14.4 Å². The van der Waals surface area contributed by atoms with Gasteiger partial charge in [0, 0.05) is 18.3 Å². The monoisotopic (exact) mass is 228 g/mol. The SMILES string of the molecule is O=C(O)CCC1CCCC(CC(=O)O)C1=O. The number of carboxylic acids is 2. The predicted molar refractivity (Wildman–Crippen MR) is 55.0 cm³/mol. The second kappa shape index (κ2) is 5.63. The van der Waals surface area contributed by atoms with Gasteiger partial charge in [0.15, 0.2) is 0 Å². The number of Topliss-reactive ketones (excluding diaryl/α,β-unsaturated/α-hetero) is 1. The Morgan fingerprint density at radius 3 is 2.31 bits per heavy atom. The lowest BCUT2D eigenvalue weighted by Crippen LogP contribution is -2.30. The molecular weight excluding hydrogens is 212 g/mol. The number of carbonyl (C=O) groups is 3. The van der Waals surface area contributed by atoms with Gasteiger partial charge in [0.25, 0.3) is 0 Å². The Kier molecular flexibility index (Phi) is 4.46. The van der Waals surface area contributed by atoms with Crippen molar-refractivity contribution in [3.63, 3.8) is 0 Å². The molecule has 1 rings (SSSR count). The summed E-state index contributed by atoms with van der Waals surface area (Å²) >= 11 is 0. The van der Waals surface area contributed by atoms with E-state index in [1.54, 1.807) is 0 Å². The van der Waals surface area contributed by atoms with Gasteiger partial charge < -0.3 is 10.2 Å². The third-order valence-corrected chi connectivity index (χ3v) is 3.04. The third kappa shape index (κ3) is 3.64. The molecule has 0 heterocycles. The lowest BCUT2D eigenvalue weighted by molar-refractivity contribution is -0.143. The normalized spacial score (nSPS) is 25.4. The fourth-order valence-corrected chi connectivity index (χ4v) is 2.23. The van der Waals surface area contributed by atoms with E-state index in [1.165, 1.54) is 0 Å². The van der Waals surface area contributed by atoms with Gasteiger partial charge in [-0.2, -0.15) is 0 Å². The minimum absolute atomic E-state index is 0.0177. The molecule has 1 aliphatic rings. The van der Waals surface area contributed by atoms with Crippen LogP contribution in [0.3, 0.4) is 0 Å². The largest absolute Gasteiger partial charge is 0.481 e. The fraction of sp³-hybridized carbons (Fsp3) is 0.727. The van der Waals surface area contributed by atoms with Gasteiger partial charge >= 0.3 is 11.9 Å². The molecule has 5 heteroatoms. The summed E-state index contributed by atoms with van der Waals surface area (Å²) in [6, 6.07) is 0. The van der Waals surface area contributed by atoms with Gasteiger partial charge in [0.1, 0.15) is 5.78 Å². The molecule has 1 saturated carbocycles. The van der Waals surface area contributed by atoms with Crippen LogP contribution in [0.15, 0.2) is 0 Å². The van der Waals surface area contributed by atoms with E-state index >= 15 is 0 Å². The summed E-state index contributed by atoms with van der Waals surface area (Å²) in [5, 5.41) is 17.2. The van der Waals surface area contributed by atoms with E-state index in [1.807, 2.05) is 0 Å². The highest BCUT2D eigenvalue weighted by Gasteiger charge is 2.32. The summed E-state index contributed by atoms with van der Waals surface area (Å²) in [5.74, 6) is -2.60. The fourth-order valence-electron chi connectivity index (χ4n) is 2.23. The second-order valence-electron chi connectivity index (χ2n) is 4.26. The molecule has 5 nitrogen and oxygen atoms in total. The quantitative estimate of drug-likeness (QED) is 0.740. The summed E-state index contributed by atoms with van der Waals surface area (Å²) in [6.07, 6.45) is 2.33. The lowest BCUT2D eigenvalue weighted by atomic mass is 9.77. The maximum Gasteiger partial charge on any atom is 0.304 e. The van der Waals surface area contributed by atoms with Crippen molar-refractivity contribution in [2.24, 2.45) is 11.8 Å². The maximum absolute atomic E-state index is 11.8. The Balaban J connectivity index is 2.50. The zero-order chi connectivity index (χ0) is 12.1. The molecule has 0 aromatic heterocycles. The molecule has 0 aromatic carbocycles. The molecule has 0 aliphatic heterocycles. The molecule has 0 amide bonds. The lowest BCUT2D eigenvalue weighted by Gasteiger charge is -2.26. The number of carboxylic acid groups (broad SMARTS) is 2. The van der Waals surface area contributed by atoms with Crippen LogP contribution in [0.1, 0.15) is 38.5 Å². The third-order valence-electron chi connectivity index (χ3n) is 3.04. The highest BCUT2D eigenvalue weighted by Crippen LogP contribution is 2.30. The molecular formula is C11H16O5. The van der Waals surface area contributed by atoms with E-state index in [9.17, 15) is 14.4 Å². The highest BCUT2D eigenvalue weighted by molar-refractivity contribution is 5.87.